The van der Waals surface area contributed by atoms with Gasteiger partial charge in [-0.1, -0.05) is 6.07 Å². The molecule has 1 aromatic heterocycles. The van der Waals surface area contributed by atoms with Crippen molar-refractivity contribution < 1.29 is 15.0 Å². The SMILES string of the molecule is CC(c1cccs1)N(C)C(=O)c1cc(O)ccc1O. The van der Waals surface area contributed by atoms with Crippen molar-refractivity contribution in [2.75, 3.05) is 7.05 Å². The lowest BCUT2D eigenvalue weighted by Gasteiger charge is -2.24. The summed E-state index contributed by atoms with van der Waals surface area (Å²) in [7, 11) is 1.68. The summed E-state index contributed by atoms with van der Waals surface area (Å²) in [5.41, 5.74) is 0.103. The van der Waals surface area contributed by atoms with Gasteiger partial charge in [-0.05, 0) is 36.6 Å². The van der Waals surface area contributed by atoms with Crippen molar-refractivity contribution in [2.45, 2.75) is 13.0 Å². The second kappa shape index (κ2) is 5.32. The molecule has 19 heavy (non-hydrogen) atoms. The van der Waals surface area contributed by atoms with E-state index in [0.717, 1.165) is 4.88 Å². The van der Waals surface area contributed by atoms with Crippen molar-refractivity contribution in [3.05, 3.63) is 46.2 Å². The van der Waals surface area contributed by atoms with E-state index in [4.69, 9.17) is 0 Å². The minimum atomic E-state index is -0.325. The molecule has 4 nitrogen and oxygen atoms in total. The highest BCUT2D eigenvalue weighted by molar-refractivity contribution is 7.10. The number of aromatic hydroxyl groups is 2. The molecule has 1 atom stereocenters. The monoisotopic (exact) mass is 277 g/mol. The van der Waals surface area contributed by atoms with E-state index in [1.807, 2.05) is 24.4 Å². The fourth-order valence-corrected chi connectivity index (χ4v) is 2.61. The lowest BCUT2D eigenvalue weighted by molar-refractivity contribution is 0.0741. The van der Waals surface area contributed by atoms with E-state index in [1.54, 1.807) is 23.3 Å². The fourth-order valence-electron chi connectivity index (χ4n) is 1.78. The van der Waals surface area contributed by atoms with Gasteiger partial charge in [0.05, 0.1) is 11.6 Å². The summed E-state index contributed by atoms with van der Waals surface area (Å²) in [5.74, 6) is -0.499. The van der Waals surface area contributed by atoms with Gasteiger partial charge >= 0.3 is 0 Å². The van der Waals surface area contributed by atoms with Gasteiger partial charge in [0.1, 0.15) is 11.5 Å². The quantitative estimate of drug-likeness (QED) is 0.848. The van der Waals surface area contributed by atoms with Gasteiger partial charge in [-0.15, -0.1) is 11.3 Å². The van der Waals surface area contributed by atoms with Gasteiger partial charge in [0, 0.05) is 11.9 Å². The zero-order valence-electron chi connectivity index (χ0n) is 10.7. The van der Waals surface area contributed by atoms with E-state index in [0.29, 0.717) is 0 Å². The van der Waals surface area contributed by atoms with Gasteiger partial charge in [-0.3, -0.25) is 4.79 Å². The first-order chi connectivity index (χ1) is 9.00. The number of phenols is 2. The Balaban J connectivity index is 2.26. The van der Waals surface area contributed by atoms with Gasteiger partial charge in [0.25, 0.3) is 5.91 Å². The van der Waals surface area contributed by atoms with E-state index in [1.165, 1.54) is 18.2 Å². The number of amides is 1. The molecule has 2 N–H and O–H groups in total. The molecule has 1 heterocycles. The van der Waals surface area contributed by atoms with Crippen LogP contribution in [0.2, 0.25) is 0 Å². The zero-order chi connectivity index (χ0) is 14.0. The van der Waals surface area contributed by atoms with E-state index in [-0.39, 0.29) is 29.0 Å². The molecule has 0 fully saturated rings. The molecule has 0 aliphatic heterocycles. The van der Waals surface area contributed by atoms with Gasteiger partial charge < -0.3 is 15.1 Å². The summed E-state index contributed by atoms with van der Waals surface area (Å²) in [6.07, 6.45) is 0. The third kappa shape index (κ3) is 2.71. The Bertz CT molecular complexity index is 580. The van der Waals surface area contributed by atoms with Crippen molar-refractivity contribution in [1.82, 2.24) is 4.90 Å². The molecule has 1 aromatic carbocycles. The molecular formula is C14H15NO3S. The van der Waals surface area contributed by atoms with Crippen LogP contribution >= 0.6 is 11.3 Å². The molecule has 1 unspecified atom stereocenters. The number of carbonyl (C=O) groups is 1. The lowest BCUT2D eigenvalue weighted by atomic mass is 10.1. The van der Waals surface area contributed by atoms with Crippen molar-refractivity contribution >= 4 is 17.2 Å². The summed E-state index contributed by atoms with van der Waals surface area (Å²) in [6.45, 7) is 1.92. The molecule has 5 heteroatoms. The highest BCUT2D eigenvalue weighted by atomic mass is 32.1. The molecule has 0 saturated carbocycles. The second-order valence-corrected chi connectivity index (χ2v) is 5.29. The lowest BCUT2D eigenvalue weighted by Crippen LogP contribution is -2.29. The van der Waals surface area contributed by atoms with E-state index < -0.39 is 0 Å². The first-order valence-electron chi connectivity index (χ1n) is 5.83. The summed E-state index contributed by atoms with van der Waals surface area (Å²) in [4.78, 5) is 14.9. The van der Waals surface area contributed by atoms with Crippen LogP contribution in [0.25, 0.3) is 0 Å². The first kappa shape index (κ1) is 13.4. The summed E-state index contributed by atoms with van der Waals surface area (Å²) in [5, 5.41) is 21.1. The maximum Gasteiger partial charge on any atom is 0.258 e. The number of hydrogen-bond donors (Lipinski definition) is 2. The fraction of sp³-hybridized carbons (Fsp3) is 0.214. The molecule has 0 saturated heterocycles. The standard InChI is InChI=1S/C14H15NO3S/c1-9(13-4-3-7-19-13)15(2)14(18)11-8-10(16)5-6-12(11)17/h3-9,16-17H,1-2H3. The largest absolute Gasteiger partial charge is 0.508 e. The second-order valence-electron chi connectivity index (χ2n) is 4.31. The van der Waals surface area contributed by atoms with Crippen molar-refractivity contribution in [2.24, 2.45) is 0 Å². The minimum absolute atomic E-state index is 0.0432. The third-order valence-electron chi connectivity index (χ3n) is 3.07. The van der Waals surface area contributed by atoms with Crippen LogP contribution in [0.4, 0.5) is 0 Å². The van der Waals surface area contributed by atoms with Crippen molar-refractivity contribution in [3.8, 4) is 11.5 Å². The van der Waals surface area contributed by atoms with Crippen LogP contribution in [0.1, 0.15) is 28.2 Å². The Morgan fingerprint density at radius 3 is 2.68 bits per heavy atom. The Hall–Kier alpha value is -2.01. The van der Waals surface area contributed by atoms with Gasteiger partial charge in [0.15, 0.2) is 0 Å². The molecular weight excluding hydrogens is 262 g/mol. The Labute approximate surface area is 115 Å². The third-order valence-corrected chi connectivity index (χ3v) is 4.11. The minimum Gasteiger partial charge on any atom is -0.508 e. The number of nitrogens with zero attached hydrogens (tertiary/aromatic N) is 1. The van der Waals surface area contributed by atoms with Crippen LogP contribution in [0, 0.1) is 0 Å². The molecule has 100 valence electrons. The number of phenolic OH excluding ortho intramolecular Hbond substituents is 2. The summed E-state index contributed by atoms with van der Waals surface area (Å²) in [6, 6.07) is 7.73. The van der Waals surface area contributed by atoms with E-state index >= 15 is 0 Å². The Morgan fingerprint density at radius 1 is 1.32 bits per heavy atom. The smallest absolute Gasteiger partial charge is 0.258 e. The number of rotatable bonds is 3. The number of benzene rings is 1. The topological polar surface area (TPSA) is 60.8 Å². The number of thiophene rings is 1. The number of carbonyl (C=O) groups excluding carboxylic acids is 1. The molecule has 0 aliphatic carbocycles. The summed E-state index contributed by atoms with van der Waals surface area (Å²) >= 11 is 1.57. The first-order valence-corrected chi connectivity index (χ1v) is 6.71. The molecule has 0 radical (unpaired) electrons. The predicted octanol–water partition coefficient (Wildman–Crippen LogP) is 2.99. The average molecular weight is 277 g/mol. The molecule has 2 rings (SSSR count). The zero-order valence-corrected chi connectivity index (χ0v) is 11.5. The van der Waals surface area contributed by atoms with Gasteiger partial charge in [-0.2, -0.15) is 0 Å². The average Bonchev–Trinajstić information content (AvgIpc) is 2.93. The molecule has 0 bridgehead atoms. The Morgan fingerprint density at radius 2 is 2.05 bits per heavy atom. The van der Waals surface area contributed by atoms with Crippen LogP contribution in [0.15, 0.2) is 35.7 Å². The van der Waals surface area contributed by atoms with Crippen LogP contribution in [-0.4, -0.2) is 28.1 Å². The van der Waals surface area contributed by atoms with Gasteiger partial charge in [0.2, 0.25) is 0 Å². The molecule has 2 aromatic rings. The molecule has 0 aliphatic rings. The van der Waals surface area contributed by atoms with Crippen LogP contribution < -0.4 is 0 Å². The normalized spacial score (nSPS) is 12.1. The number of hydrogen-bond acceptors (Lipinski definition) is 4. The van der Waals surface area contributed by atoms with Gasteiger partial charge in [-0.25, -0.2) is 0 Å². The van der Waals surface area contributed by atoms with Crippen LogP contribution in [0.5, 0.6) is 11.5 Å². The highest BCUT2D eigenvalue weighted by Gasteiger charge is 2.22. The van der Waals surface area contributed by atoms with E-state index in [9.17, 15) is 15.0 Å². The maximum atomic E-state index is 12.3. The molecule has 0 spiro atoms. The van der Waals surface area contributed by atoms with E-state index in [2.05, 4.69) is 0 Å². The van der Waals surface area contributed by atoms with Crippen LogP contribution in [0.3, 0.4) is 0 Å². The molecule has 1 amide bonds. The van der Waals surface area contributed by atoms with Crippen molar-refractivity contribution in [1.29, 1.82) is 0 Å². The highest BCUT2D eigenvalue weighted by Crippen LogP contribution is 2.28. The Kier molecular flexibility index (Phi) is 3.76. The summed E-state index contributed by atoms with van der Waals surface area (Å²) < 4.78 is 0. The predicted molar refractivity (Wildman–Crippen MR) is 74.6 cm³/mol. The maximum absolute atomic E-state index is 12.3. The van der Waals surface area contributed by atoms with Crippen molar-refractivity contribution in [3.63, 3.8) is 0 Å². The van der Waals surface area contributed by atoms with Crippen LogP contribution in [-0.2, 0) is 0 Å².